The fraction of sp³-hybridized carbons (Fsp3) is 0.278. The number of anilines is 1. The van der Waals surface area contributed by atoms with Gasteiger partial charge in [0.15, 0.2) is 0 Å². The molecule has 0 saturated carbocycles. The monoisotopic (exact) mass is 331 g/mol. The highest BCUT2D eigenvalue weighted by molar-refractivity contribution is 7.83. The molecule has 5 heteroatoms. The second-order valence-electron chi connectivity index (χ2n) is 5.10. The first-order chi connectivity index (χ1) is 11.2. The van der Waals surface area contributed by atoms with E-state index in [0.29, 0.717) is 23.8 Å². The van der Waals surface area contributed by atoms with E-state index in [4.69, 9.17) is 4.74 Å². The van der Waals surface area contributed by atoms with Crippen molar-refractivity contribution < 1.29 is 13.7 Å². The number of hydrogen-bond donors (Lipinski definition) is 1. The first-order valence-corrected chi connectivity index (χ1v) is 9.01. The lowest BCUT2D eigenvalue weighted by Crippen LogP contribution is -2.18. The first kappa shape index (κ1) is 17.4. The summed E-state index contributed by atoms with van der Waals surface area (Å²) in [4.78, 5) is 11.6. The van der Waals surface area contributed by atoms with Crippen LogP contribution in [0.2, 0.25) is 0 Å². The Morgan fingerprint density at radius 1 is 1.04 bits per heavy atom. The fourth-order valence-electron chi connectivity index (χ4n) is 2.13. The van der Waals surface area contributed by atoms with Crippen LogP contribution in [0, 0.1) is 0 Å². The molecule has 4 nitrogen and oxygen atoms in total. The normalized spacial score (nSPS) is 11.9. The second-order valence-corrected chi connectivity index (χ2v) is 6.56. The van der Waals surface area contributed by atoms with E-state index >= 15 is 0 Å². The van der Waals surface area contributed by atoms with Gasteiger partial charge < -0.3 is 10.1 Å². The predicted octanol–water partition coefficient (Wildman–Crippen LogP) is 3.11. The highest BCUT2D eigenvalue weighted by Crippen LogP contribution is 2.14. The Balaban J connectivity index is 1.91. The number of amides is 1. The summed E-state index contributed by atoms with van der Waals surface area (Å²) in [6, 6.07) is 17.2. The molecule has 2 rings (SSSR count). The maximum absolute atomic E-state index is 12.3. The molecule has 0 spiro atoms. The zero-order valence-electron chi connectivity index (χ0n) is 13.2. The number of carbonyl (C=O) groups is 1. The van der Waals surface area contributed by atoms with Gasteiger partial charge in [-0.25, -0.2) is 0 Å². The van der Waals surface area contributed by atoms with E-state index in [9.17, 15) is 9.00 Å². The van der Waals surface area contributed by atoms with Crippen LogP contribution in [0.5, 0.6) is 0 Å². The fourth-order valence-corrected chi connectivity index (χ4v) is 3.35. The summed E-state index contributed by atoms with van der Waals surface area (Å²) in [6.45, 7) is 2.39. The van der Waals surface area contributed by atoms with Crippen LogP contribution in [0.25, 0.3) is 0 Å². The van der Waals surface area contributed by atoms with E-state index in [-0.39, 0.29) is 12.5 Å². The van der Waals surface area contributed by atoms with Gasteiger partial charge in [0, 0.05) is 34.6 Å². The minimum absolute atomic E-state index is 0.0423. The molecule has 0 heterocycles. The maximum atomic E-state index is 12.3. The van der Waals surface area contributed by atoms with Gasteiger partial charge in [-0.05, 0) is 30.2 Å². The summed E-state index contributed by atoms with van der Waals surface area (Å²) in [7, 11) is -0.985. The van der Waals surface area contributed by atoms with Crippen LogP contribution < -0.4 is 5.32 Å². The van der Waals surface area contributed by atoms with Gasteiger partial charge in [0.2, 0.25) is 5.91 Å². The van der Waals surface area contributed by atoms with Gasteiger partial charge in [0.05, 0.1) is 0 Å². The van der Waals surface area contributed by atoms with Crippen molar-refractivity contribution in [2.75, 3.05) is 18.5 Å². The van der Waals surface area contributed by atoms with Gasteiger partial charge in [0.25, 0.3) is 0 Å². The molecular formula is C18H21NO3S. The topological polar surface area (TPSA) is 55.4 Å². The molecular weight excluding hydrogens is 310 g/mol. The predicted molar refractivity (Wildman–Crippen MR) is 93.6 cm³/mol. The molecule has 23 heavy (non-hydrogen) atoms. The summed E-state index contributed by atoms with van der Waals surface area (Å²) in [5, 5.41) is 2.78. The van der Waals surface area contributed by atoms with E-state index < -0.39 is 10.8 Å². The first-order valence-electron chi connectivity index (χ1n) is 7.53. The van der Waals surface area contributed by atoms with Gasteiger partial charge in [-0.3, -0.25) is 9.00 Å². The third-order valence-electron chi connectivity index (χ3n) is 3.15. The van der Waals surface area contributed by atoms with Crippen LogP contribution in [0.3, 0.4) is 0 Å². The van der Waals surface area contributed by atoms with Crippen LogP contribution in [0.15, 0.2) is 54.6 Å². The van der Waals surface area contributed by atoms with Gasteiger partial charge in [-0.15, -0.1) is 0 Å². The van der Waals surface area contributed by atoms with Crippen LogP contribution in [0.1, 0.15) is 18.1 Å². The van der Waals surface area contributed by atoms with E-state index in [0.717, 1.165) is 11.1 Å². The number of ether oxygens (including phenoxy) is 1. The highest BCUT2D eigenvalue weighted by atomic mass is 32.2. The Hall–Kier alpha value is -1.98. The number of carbonyl (C=O) groups excluding carboxylic acids is 1. The van der Waals surface area contributed by atoms with Crippen molar-refractivity contribution in [1.29, 1.82) is 0 Å². The Kier molecular flexibility index (Phi) is 6.97. The average molecular weight is 331 g/mol. The standard InChI is InChI=1S/C18H21NO3S/c1-2-22-12-18(20)19-17-10-6-9-16(11-17)14-23(21)13-15-7-4-3-5-8-15/h3-11H,2,12-14H2,1H3,(H,19,20)/t23-/m0/s1. The number of rotatable bonds is 8. The van der Waals surface area contributed by atoms with Gasteiger partial charge in [0.1, 0.15) is 6.61 Å². The van der Waals surface area contributed by atoms with Crippen LogP contribution in [-0.4, -0.2) is 23.3 Å². The largest absolute Gasteiger partial charge is 0.372 e. The maximum Gasteiger partial charge on any atom is 0.250 e. The Labute approximate surface area is 139 Å². The SMILES string of the molecule is CCOCC(=O)Nc1cccc(C[S@@](=O)Cc2ccccc2)c1. The van der Waals surface area contributed by atoms with Crippen LogP contribution >= 0.6 is 0 Å². The zero-order valence-corrected chi connectivity index (χ0v) is 14.0. The van der Waals surface area contributed by atoms with E-state index in [2.05, 4.69) is 5.32 Å². The number of hydrogen-bond acceptors (Lipinski definition) is 3. The Morgan fingerprint density at radius 2 is 1.74 bits per heavy atom. The van der Waals surface area contributed by atoms with Crippen LogP contribution in [-0.2, 0) is 31.8 Å². The Bertz CT molecular complexity index is 658. The lowest BCUT2D eigenvalue weighted by Gasteiger charge is -2.08. The van der Waals surface area contributed by atoms with Gasteiger partial charge >= 0.3 is 0 Å². The summed E-state index contributed by atoms with van der Waals surface area (Å²) >= 11 is 0. The molecule has 0 saturated heterocycles. The molecule has 1 amide bonds. The summed E-state index contributed by atoms with van der Waals surface area (Å²) < 4.78 is 17.3. The Morgan fingerprint density at radius 3 is 2.48 bits per heavy atom. The molecule has 0 bridgehead atoms. The van der Waals surface area contributed by atoms with Crippen molar-refractivity contribution in [3.8, 4) is 0 Å². The molecule has 0 aromatic heterocycles. The summed E-state index contributed by atoms with van der Waals surface area (Å²) in [5.74, 6) is 0.806. The molecule has 0 radical (unpaired) electrons. The van der Waals surface area contributed by atoms with Crippen molar-refractivity contribution in [2.45, 2.75) is 18.4 Å². The van der Waals surface area contributed by atoms with E-state index in [1.54, 1.807) is 0 Å². The third kappa shape index (κ3) is 6.34. The molecule has 0 aliphatic heterocycles. The number of nitrogens with one attached hydrogen (secondary N) is 1. The molecule has 0 unspecified atom stereocenters. The second kappa shape index (κ2) is 9.22. The minimum Gasteiger partial charge on any atom is -0.372 e. The average Bonchev–Trinajstić information content (AvgIpc) is 2.54. The van der Waals surface area contributed by atoms with Crippen molar-refractivity contribution in [2.24, 2.45) is 0 Å². The van der Waals surface area contributed by atoms with Crippen molar-refractivity contribution in [3.05, 3.63) is 65.7 Å². The zero-order chi connectivity index (χ0) is 16.5. The van der Waals surface area contributed by atoms with Crippen molar-refractivity contribution >= 4 is 22.4 Å². The lowest BCUT2D eigenvalue weighted by molar-refractivity contribution is -0.120. The number of benzene rings is 2. The third-order valence-corrected chi connectivity index (χ3v) is 4.46. The van der Waals surface area contributed by atoms with Gasteiger partial charge in [-0.2, -0.15) is 0 Å². The molecule has 122 valence electrons. The molecule has 0 fully saturated rings. The lowest BCUT2D eigenvalue weighted by atomic mass is 10.2. The molecule has 2 aromatic rings. The molecule has 0 aliphatic rings. The molecule has 0 aliphatic carbocycles. The molecule has 1 N–H and O–H groups in total. The van der Waals surface area contributed by atoms with E-state index in [1.807, 2.05) is 61.5 Å². The minimum atomic E-state index is -0.985. The quantitative estimate of drug-likeness (QED) is 0.808. The van der Waals surface area contributed by atoms with Crippen molar-refractivity contribution in [3.63, 3.8) is 0 Å². The van der Waals surface area contributed by atoms with E-state index in [1.165, 1.54) is 0 Å². The molecule has 1 atom stereocenters. The summed E-state index contributed by atoms with van der Waals surface area (Å²) in [5.41, 5.74) is 2.70. The smallest absolute Gasteiger partial charge is 0.250 e. The summed E-state index contributed by atoms with van der Waals surface area (Å²) in [6.07, 6.45) is 0. The van der Waals surface area contributed by atoms with Crippen molar-refractivity contribution in [1.82, 2.24) is 0 Å². The molecule has 2 aromatic carbocycles. The van der Waals surface area contributed by atoms with Crippen LogP contribution in [0.4, 0.5) is 5.69 Å². The van der Waals surface area contributed by atoms with Gasteiger partial charge in [-0.1, -0.05) is 42.5 Å². The highest BCUT2D eigenvalue weighted by Gasteiger charge is 2.06.